The van der Waals surface area contributed by atoms with Crippen LogP contribution in [0.5, 0.6) is 0 Å². The molecule has 0 aliphatic heterocycles. The van der Waals surface area contributed by atoms with Crippen molar-refractivity contribution < 1.29 is 4.39 Å². The van der Waals surface area contributed by atoms with Crippen molar-refractivity contribution in [2.45, 2.75) is 13.1 Å². The fourth-order valence-electron chi connectivity index (χ4n) is 1.63. The second-order valence-corrected chi connectivity index (χ2v) is 3.95. The number of hydrogen-bond acceptors (Lipinski definition) is 2. The smallest absolute Gasteiger partial charge is 0.146 e. The van der Waals surface area contributed by atoms with Crippen molar-refractivity contribution in [1.82, 2.24) is 5.32 Å². The minimum absolute atomic E-state index is 0.191. The van der Waals surface area contributed by atoms with Gasteiger partial charge < -0.3 is 11.1 Å². The summed E-state index contributed by atoms with van der Waals surface area (Å²) in [5.74, 6) is -0.357. The maximum absolute atomic E-state index is 13.2. The molecule has 0 atom stereocenters. The van der Waals surface area contributed by atoms with Crippen LogP contribution in [-0.4, -0.2) is 0 Å². The molecule has 0 unspecified atom stereocenters. The lowest BCUT2D eigenvalue weighted by atomic mass is 10.2. The van der Waals surface area contributed by atoms with Crippen molar-refractivity contribution in [3.8, 4) is 0 Å². The number of benzene rings is 2. The SMILES string of the molecule is Nc1ccc(CNCc2ccccc2)cc1F. The summed E-state index contributed by atoms with van der Waals surface area (Å²) in [7, 11) is 0. The fraction of sp³-hybridized carbons (Fsp3) is 0.143. The lowest BCUT2D eigenvalue weighted by Crippen LogP contribution is -2.12. The van der Waals surface area contributed by atoms with Crippen molar-refractivity contribution in [3.05, 3.63) is 65.5 Å². The zero-order chi connectivity index (χ0) is 12.1. The van der Waals surface area contributed by atoms with E-state index in [-0.39, 0.29) is 11.5 Å². The Morgan fingerprint density at radius 2 is 1.65 bits per heavy atom. The predicted octanol–water partition coefficient (Wildman–Crippen LogP) is 2.70. The number of anilines is 1. The average Bonchev–Trinajstić information content (AvgIpc) is 2.35. The molecule has 88 valence electrons. The van der Waals surface area contributed by atoms with Crippen LogP contribution in [0, 0.1) is 5.82 Å². The van der Waals surface area contributed by atoms with Crippen molar-refractivity contribution in [2.75, 3.05) is 5.73 Å². The molecule has 2 aromatic carbocycles. The molecule has 2 aromatic rings. The quantitative estimate of drug-likeness (QED) is 0.792. The van der Waals surface area contributed by atoms with Gasteiger partial charge in [-0.1, -0.05) is 36.4 Å². The largest absolute Gasteiger partial charge is 0.396 e. The molecule has 17 heavy (non-hydrogen) atoms. The molecule has 2 rings (SSSR count). The first kappa shape index (κ1) is 11.6. The van der Waals surface area contributed by atoms with E-state index in [4.69, 9.17) is 5.73 Å². The van der Waals surface area contributed by atoms with E-state index in [0.29, 0.717) is 6.54 Å². The zero-order valence-electron chi connectivity index (χ0n) is 9.49. The molecule has 0 spiro atoms. The molecule has 0 amide bonds. The van der Waals surface area contributed by atoms with E-state index >= 15 is 0 Å². The van der Waals surface area contributed by atoms with E-state index in [2.05, 4.69) is 17.4 Å². The minimum atomic E-state index is -0.357. The molecular formula is C14H15FN2. The van der Waals surface area contributed by atoms with Gasteiger partial charge in [0.15, 0.2) is 0 Å². The van der Waals surface area contributed by atoms with Crippen LogP contribution in [0.1, 0.15) is 11.1 Å². The molecule has 3 heteroatoms. The second-order valence-electron chi connectivity index (χ2n) is 3.95. The monoisotopic (exact) mass is 230 g/mol. The standard InChI is InChI=1S/C14H15FN2/c15-13-8-12(6-7-14(13)16)10-17-9-11-4-2-1-3-5-11/h1-8,17H,9-10,16H2. The first-order chi connectivity index (χ1) is 8.25. The molecule has 2 nitrogen and oxygen atoms in total. The molecular weight excluding hydrogens is 215 g/mol. The maximum Gasteiger partial charge on any atom is 0.146 e. The number of halogens is 1. The number of rotatable bonds is 4. The molecule has 0 fully saturated rings. The Morgan fingerprint density at radius 3 is 2.35 bits per heavy atom. The van der Waals surface area contributed by atoms with Gasteiger partial charge in [-0.25, -0.2) is 4.39 Å². The predicted molar refractivity (Wildman–Crippen MR) is 67.8 cm³/mol. The summed E-state index contributed by atoms with van der Waals surface area (Å²) in [6.45, 7) is 1.40. The van der Waals surface area contributed by atoms with Crippen molar-refractivity contribution in [2.24, 2.45) is 0 Å². The van der Waals surface area contributed by atoms with Gasteiger partial charge in [-0.2, -0.15) is 0 Å². The van der Waals surface area contributed by atoms with Crippen molar-refractivity contribution >= 4 is 5.69 Å². The van der Waals surface area contributed by atoms with E-state index in [9.17, 15) is 4.39 Å². The van der Waals surface area contributed by atoms with Crippen LogP contribution >= 0.6 is 0 Å². The lowest BCUT2D eigenvalue weighted by molar-refractivity contribution is 0.624. The summed E-state index contributed by atoms with van der Waals surface area (Å²) < 4.78 is 13.2. The van der Waals surface area contributed by atoms with E-state index in [1.807, 2.05) is 24.3 Å². The Labute approximate surface area is 100 Å². The van der Waals surface area contributed by atoms with Gasteiger partial charge in [-0.3, -0.25) is 0 Å². The number of hydrogen-bond donors (Lipinski definition) is 2. The summed E-state index contributed by atoms with van der Waals surface area (Å²) in [6.07, 6.45) is 0. The maximum atomic E-state index is 13.2. The first-order valence-corrected chi connectivity index (χ1v) is 5.54. The van der Waals surface area contributed by atoms with Crippen LogP contribution in [0.3, 0.4) is 0 Å². The van der Waals surface area contributed by atoms with Gasteiger partial charge in [-0.05, 0) is 23.3 Å². The highest BCUT2D eigenvalue weighted by Gasteiger charge is 1.99. The van der Waals surface area contributed by atoms with E-state index < -0.39 is 0 Å². The Kier molecular flexibility index (Phi) is 3.73. The van der Waals surface area contributed by atoms with Crippen LogP contribution in [0.15, 0.2) is 48.5 Å². The zero-order valence-corrected chi connectivity index (χ0v) is 9.49. The van der Waals surface area contributed by atoms with E-state index in [0.717, 1.165) is 12.1 Å². The van der Waals surface area contributed by atoms with Crippen LogP contribution in [0.2, 0.25) is 0 Å². The second kappa shape index (κ2) is 5.46. The highest BCUT2D eigenvalue weighted by Crippen LogP contribution is 2.11. The van der Waals surface area contributed by atoms with E-state index in [1.165, 1.54) is 11.6 Å². The van der Waals surface area contributed by atoms with Crippen LogP contribution < -0.4 is 11.1 Å². The Hall–Kier alpha value is -1.87. The van der Waals surface area contributed by atoms with Crippen molar-refractivity contribution in [1.29, 1.82) is 0 Å². The van der Waals surface area contributed by atoms with Gasteiger partial charge in [-0.15, -0.1) is 0 Å². The van der Waals surface area contributed by atoms with Gasteiger partial charge in [0, 0.05) is 13.1 Å². The third kappa shape index (κ3) is 3.29. The lowest BCUT2D eigenvalue weighted by Gasteiger charge is -2.06. The van der Waals surface area contributed by atoms with Gasteiger partial charge in [0.05, 0.1) is 5.69 Å². The summed E-state index contributed by atoms with van der Waals surface area (Å²) in [5.41, 5.74) is 7.71. The Morgan fingerprint density at radius 1 is 0.941 bits per heavy atom. The Bertz CT molecular complexity index is 483. The van der Waals surface area contributed by atoms with Crippen LogP contribution in [0.25, 0.3) is 0 Å². The molecule has 0 radical (unpaired) electrons. The molecule has 0 aromatic heterocycles. The molecule has 0 aliphatic rings. The summed E-state index contributed by atoms with van der Waals surface area (Å²) >= 11 is 0. The molecule has 0 saturated heterocycles. The Balaban J connectivity index is 1.88. The van der Waals surface area contributed by atoms with Crippen LogP contribution in [-0.2, 0) is 13.1 Å². The average molecular weight is 230 g/mol. The van der Waals surface area contributed by atoms with Gasteiger partial charge >= 0.3 is 0 Å². The first-order valence-electron chi connectivity index (χ1n) is 5.54. The van der Waals surface area contributed by atoms with Gasteiger partial charge in [0.25, 0.3) is 0 Å². The molecule has 0 saturated carbocycles. The molecule has 3 N–H and O–H groups in total. The molecule has 0 bridgehead atoms. The molecule has 0 aliphatic carbocycles. The topological polar surface area (TPSA) is 38.0 Å². The number of nitrogen functional groups attached to an aromatic ring is 1. The highest BCUT2D eigenvalue weighted by molar-refractivity contribution is 5.41. The fourth-order valence-corrected chi connectivity index (χ4v) is 1.63. The van der Waals surface area contributed by atoms with Crippen LogP contribution in [0.4, 0.5) is 10.1 Å². The van der Waals surface area contributed by atoms with E-state index in [1.54, 1.807) is 6.07 Å². The summed E-state index contributed by atoms with van der Waals surface area (Å²) in [6, 6.07) is 15.0. The minimum Gasteiger partial charge on any atom is -0.396 e. The third-order valence-corrected chi connectivity index (χ3v) is 2.57. The third-order valence-electron chi connectivity index (χ3n) is 2.57. The van der Waals surface area contributed by atoms with Crippen molar-refractivity contribution in [3.63, 3.8) is 0 Å². The summed E-state index contributed by atoms with van der Waals surface area (Å²) in [4.78, 5) is 0. The summed E-state index contributed by atoms with van der Waals surface area (Å²) in [5, 5.41) is 3.26. The highest BCUT2D eigenvalue weighted by atomic mass is 19.1. The number of nitrogens with two attached hydrogens (primary N) is 1. The normalized spacial score (nSPS) is 10.4. The molecule has 0 heterocycles. The van der Waals surface area contributed by atoms with Gasteiger partial charge in [0.1, 0.15) is 5.82 Å². The van der Waals surface area contributed by atoms with Gasteiger partial charge in [0.2, 0.25) is 0 Å². The number of nitrogens with one attached hydrogen (secondary N) is 1.